The Morgan fingerprint density at radius 2 is 1.63 bits per heavy atom. The number of rotatable bonds is 4. The van der Waals surface area contributed by atoms with Crippen LogP contribution in [0.5, 0.6) is 5.75 Å². The van der Waals surface area contributed by atoms with Crippen molar-refractivity contribution in [1.82, 2.24) is 9.88 Å². The van der Waals surface area contributed by atoms with Crippen LogP contribution in [0.15, 0.2) is 47.3 Å². The molecular weight excluding hydrogens is 380 g/mol. The minimum Gasteiger partial charge on any atom is -0.506 e. The maximum Gasteiger partial charge on any atom is 0.267 e. The molecule has 1 amide bonds. The van der Waals surface area contributed by atoms with Crippen LogP contribution in [0, 0.1) is 0 Å². The predicted octanol–water partition coefficient (Wildman–Crippen LogP) is 3.53. The molecule has 0 unspecified atom stereocenters. The molecule has 0 aliphatic heterocycles. The lowest BCUT2D eigenvalue weighted by Crippen LogP contribution is -2.34. The summed E-state index contributed by atoms with van der Waals surface area (Å²) in [7, 11) is 1.55. The van der Waals surface area contributed by atoms with Crippen molar-refractivity contribution < 1.29 is 14.7 Å². The van der Waals surface area contributed by atoms with Crippen LogP contribution in [0.25, 0.3) is 22.0 Å². The van der Waals surface area contributed by atoms with E-state index in [9.17, 15) is 19.5 Å². The van der Waals surface area contributed by atoms with E-state index in [1.165, 1.54) is 17.1 Å². The number of fused-ring (bicyclic) bond motifs is 1. The number of nitrogens with zero attached hydrogens (tertiary/aromatic N) is 1. The van der Waals surface area contributed by atoms with Gasteiger partial charge in [-0.05, 0) is 41.2 Å². The van der Waals surface area contributed by atoms with Crippen molar-refractivity contribution in [2.24, 2.45) is 7.05 Å². The van der Waals surface area contributed by atoms with Gasteiger partial charge in [0.15, 0.2) is 0 Å². The molecule has 1 aromatic heterocycles. The predicted molar refractivity (Wildman–Crippen MR) is 118 cm³/mol. The number of aryl methyl sites for hydroxylation is 1. The Hall–Kier alpha value is -3.41. The lowest BCUT2D eigenvalue weighted by Gasteiger charge is -2.19. The Morgan fingerprint density at radius 3 is 2.20 bits per heavy atom. The summed E-state index contributed by atoms with van der Waals surface area (Å²) in [5.74, 6) is -1.41. The highest BCUT2D eigenvalue weighted by Gasteiger charge is 2.21. The van der Waals surface area contributed by atoms with E-state index in [4.69, 9.17) is 0 Å². The van der Waals surface area contributed by atoms with Crippen molar-refractivity contribution in [3.05, 3.63) is 63.9 Å². The summed E-state index contributed by atoms with van der Waals surface area (Å²) in [5.41, 5.74) is 2.58. The minimum atomic E-state index is -0.773. The van der Waals surface area contributed by atoms with Crippen molar-refractivity contribution in [2.75, 3.05) is 6.54 Å². The van der Waals surface area contributed by atoms with Gasteiger partial charge in [-0.25, -0.2) is 0 Å². The van der Waals surface area contributed by atoms with E-state index >= 15 is 0 Å². The number of amides is 1. The lowest BCUT2D eigenvalue weighted by molar-refractivity contribution is -0.116. The largest absolute Gasteiger partial charge is 0.506 e. The van der Waals surface area contributed by atoms with Crippen LogP contribution in [0.4, 0.5) is 0 Å². The number of ketones is 1. The van der Waals surface area contributed by atoms with Crippen LogP contribution in [-0.2, 0) is 17.3 Å². The van der Waals surface area contributed by atoms with Crippen LogP contribution < -0.4 is 10.9 Å². The second kappa shape index (κ2) is 7.78. The van der Waals surface area contributed by atoms with E-state index in [-0.39, 0.29) is 29.1 Å². The maximum atomic E-state index is 12.6. The monoisotopic (exact) mass is 406 g/mol. The molecule has 0 saturated heterocycles. The van der Waals surface area contributed by atoms with Crippen molar-refractivity contribution in [3.8, 4) is 16.9 Å². The van der Waals surface area contributed by atoms with Crippen LogP contribution in [0.3, 0.4) is 0 Å². The molecule has 0 saturated carbocycles. The molecule has 0 spiro atoms. The minimum absolute atomic E-state index is 0.0423. The highest BCUT2D eigenvalue weighted by molar-refractivity contribution is 6.04. The average molecular weight is 406 g/mol. The molecule has 6 nitrogen and oxygen atoms in total. The molecule has 156 valence electrons. The van der Waals surface area contributed by atoms with Gasteiger partial charge in [0.2, 0.25) is 0 Å². The van der Waals surface area contributed by atoms with Gasteiger partial charge in [0.25, 0.3) is 11.5 Å². The van der Waals surface area contributed by atoms with Crippen LogP contribution in [0.2, 0.25) is 0 Å². The number of aromatic nitrogens is 1. The number of aromatic hydroxyl groups is 1. The zero-order chi connectivity index (χ0) is 22.2. The van der Waals surface area contributed by atoms with E-state index < -0.39 is 11.5 Å². The maximum absolute atomic E-state index is 12.6. The molecule has 0 aliphatic rings. The lowest BCUT2D eigenvalue weighted by atomic mass is 9.86. The molecule has 0 aliphatic carbocycles. The molecule has 2 N–H and O–H groups in total. The zero-order valence-corrected chi connectivity index (χ0v) is 17.9. The SMILES string of the molecule is CC(=O)CNC(=O)c1c(O)c2cc(-c3ccc(C(C)(C)C)cc3)ccc2n(C)c1=O. The Morgan fingerprint density at radius 1 is 1.03 bits per heavy atom. The first-order chi connectivity index (χ1) is 14.0. The zero-order valence-electron chi connectivity index (χ0n) is 17.9. The summed E-state index contributed by atoms with van der Waals surface area (Å²) in [5, 5.41) is 13.5. The average Bonchev–Trinajstić information content (AvgIpc) is 2.70. The van der Waals surface area contributed by atoms with Gasteiger partial charge in [0, 0.05) is 12.4 Å². The topological polar surface area (TPSA) is 88.4 Å². The molecule has 0 fully saturated rings. The fourth-order valence-electron chi connectivity index (χ4n) is 3.37. The number of hydrogen-bond acceptors (Lipinski definition) is 4. The van der Waals surface area contributed by atoms with Crippen molar-refractivity contribution >= 4 is 22.6 Å². The number of pyridine rings is 1. The standard InChI is InChI=1S/C24H26N2O4/c1-14(27)13-25-22(29)20-21(28)18-12-16(8-11-19(18)26(5)23(20)30)15-6-9-17(10-7-15)24(2,3)4/h6-12,28H,13H2,1-5H3,(H,25,29). The fourth-order valence-corrected chi connectivity index (χ4v) is 3.37. The molecule has 1 heterocycles. The molecule has 3 rings (SSSR count). The van der Waals surface area contributed by atoms with Gasteiger partial charge >= 0.3 is 0 Å². The molecule has 0 bridgehead atoms. The number of nitrogens with one attached hydrogen (secondary N) is 1. The van der Waals surface area contributed by atoms with Crippen LogP contribution >= 0.6 is 0 Å². The summed E-state index contributed by atoms with van der Waals surface area (Å²) in [6, 6.07) is 13.6. The first-order valence-electron chi connectivity index (χ1n) is 9.75. The van der Waals surface area contributed by atoms with Gasteiger partial charge in [-0.15, -0.1) is 0 Å². The smallest absolute Gasteiger partial charge is 0.267 e. The summed E-state index contributed by atoms with van der Waals surface area (Å²) < 4.78 is 1.32. The normalized spacial score (nSPS) is 11.5. The van der Waals surface area contributed by atoms with Gasteiger partial charge in [0.05, 0.1) is 12.1 Å². The molecule has 2 aromatic carbocycles. The highest BCUT2D eigenvalue weighted by Crippen LogP contribution is 2.32. The van der Waals surface area contributed by atoms with E-state index in [1.54, 1.807) is 19.2 Å². The summed E-state index contributed by atoms with van der Waals surface area (Å²) in [6.45, 7) is 7.56. The van der Waals surface area contributed by atoms with Gasteiger partial charge in [-0.2, -0.15) is 0 Å². The van der Waals surface area contributed by atoms with E-state index in [0.717, 1.165) is 11.1 Å². The third-order valence-electron chi connectivity index (χ3n) is 5.18. The number of Topliss-reactive ketones (excluding diaryl/α,β-unsaturated/α-hetero) is 1. The highest BCUT2D eigenvalue weighted by atomic mass is 16.3. The third kappa shape index (κ3) is 3.99. The second-order valence-electron chi connectivity index (χ2n) is 8.53. The quantitative estimate of drug-likeness (QED) is 0.694. The Balaban J connectivity index is 2.12. The fraction of sp³-hybridized carbons (Fsp3) is 0.292. The Kier molecular flexibility index (Phi) is 5.53. The van der Waals surface area contributed by atoms with Crippen molar-refractivity contribution in [2.45, 2.75) is 33.1 Å². The summed E-state index contributed by atoms with van der Waals surface area (Å²) in [4.78, 5) is 36.2. The summed E-state index contributed by atoms with van der Waals surface area (Å²) >= 11 is 0. The van der Waals surface area contributed by atoms with Crippen molar-refractivity contribution in [3.63, 3.8) is 0 Å². The van der Waals surface area contributed by atoms with Gasteiger partial charge in [-0.3, -0.25) is 14.4 Å². The second-order valence-corrected chi connectivity index (χ2v) is 8.53. The summed E-state index contributed by atoms with van der Waals surface area (Å²) in [6.07, 6.45) is 0. The molecule has 0 atom stereocenters. The molecule has 30 heavy (non-hydrogen) atoms. The number of benzene rings is 2. The van der Waals surface area contributed by atoms with Gasteiger partial charge in [0.1, 0.15) is 17.1 Å². The van der Waals surface area contributed by atoms with Crippen molar-refractivity contribution in [1.29, 1.82) is 0 Å². The van der Waals surface area contributed by atoms with Gasteiger partial charge in [-0.1, -0.05) is 51.1 Å². The van der Waals surface area contributed by atoms with Crippen LogP contribution in [0.1, 0.15) is 43.6 Å². The Labute approximate surface area is 175 Å². The number of carbonyl (C=O) groups is 2. The molecule has 3 aromatic rings. The van der Waals surface area contributed by atoms with Gasteiger partial charge < -0.3 is 15.0 Å². The number of hydrogen-bond donors (Lipinski definition) is 2. The Bertz CT molecular complexity index is 1200. The molecule has 6 heteroatoms. The first kappa shape index (κ1) is 21.3. The van der Waals surface area contributed by atoms with Crippen LogP contribution in [-0.4, -0.2) is 27.9 Å². The van der Waals surface area contributed by atoms with E-state index in [1.807, 2.05) is 18.2 Å². The molecular formula is C24H26N2O4. The first-order valence-corrected chi connectivity index (χ1v) is 9.75. The third-order valence-corrected chi connectivity index (χ3v) is 5.18. The van der Waals surface area contributed by atoms with E-state index in [2.05, 4.69) is 38.2 Å². The van der Waals surface area contributed by atoms with E-state index in [0.29, 0.717) is 10.9 Å². The molecule has 0 radical (unpaired) electrons. The number of carbonyl (C=O) groups excluding carboxylic acids is 2.